The van der Waals surface area contributed by atoms with Gasteiger partial charge in [-0.25, -0.2) is 4.52 Å². The van der Waals surface area contributed by atoms with Gasteiger partial charge in [0.1, 0.15) is 6.10 Å². The molecule has 0 spiro atoms. The van der Waals surface area contributed by atoms with Crippen LogP contribution in [0.15, 0.2) is 9.26 Å². The van der Waals surface area contributed by atoms with Crippen molar-refractivity contribution in [2.24, 2.45) is 9.26 Å². The van der Waals surface area contributed by atoms with Crippen molar-refractivity contribution in [1.82, 2.24) is 0 Å². The van der Waals surface area contributed by atoms with Gasteiger partial charge in [0.05, 0.1) is 26.4 Å². The van der Waals surface area contributed by atoms with Crippen LogP contribution in [0.4, 0.5) is 0 Å². The predicted octanol–water partition coefficient (Wildman–Crippen LogP) is 7.62. The predicted molar refractivity (Wildman–Crippen MR) is 118 cm³/mol. The van der Waals surface area contributed by atoms with Crippen LogP contribution in [0.2, 0.25) is 0 Å². The highest BCUT2D eigenvalue weighted by Gasteiger charge is 2.57. The van der Waals surface area contributed by atoms with Crippen LogP contribution in [0.5, 0.6) is 0 Å². The van der Waals surface area contributed by atoms with E-state index in [1.165, 1.54) is 27.0 Å². The zero-order valence-electron chi connectivity index (χ0n) is 17.2. The Morgan fingerprint density at radius 2 is 1.11 bits per heavy atom. The van der Waals surface area contributed by atoms with E-state index in [9.17, 15) is 13.7 Å². The molecule has 0 fully saturated rings. The van der Waals surface area contributed by atoms with Gasteiger partial charge < -0.3 is 18.1 Å². The van der Waals surface area contributed by atoms with Gasteiger partial charge >= 0.3 is 7.28 Å². The van der Waals surface area contributed by atoms with E-state index in [0.717, 1.165) is 0 Å². The van der Waals surface area contributed by atoms with E-state index in [1.807, 2.05) is 0 Å². The lowest BCUT2D eigenvalue weighted by Crippen LogP contribution is -2.00. The summed E-state index contributed by atoms with van der Waals surface area (Å²) in [4.78, 5) is 0. The third-order valence-electron chi connectivity index (χ3n) is 3.35. The molecule has 15 heteroatoms. The van der Waals surface area contributed by atoms with Crippen LogP contribution in [0.3, 0.4) is 0 Å². The van der Waals surface area contributed by atoms with Gasteiger partial charge in [-0.3, -0.25) is 18.4 Å². The van der Waals surface area contributed by atoms with Crippen LogP contribution in [-0.4, -0.2) is 53.5 Å². The summed E-state index contributed by atoms with van der Waals surface area (Å²) in [5.74, 6) is 0. The van der Waals surface area contributed by atoms with Crippen molar-refractivity contribution in [2.75, 3.05) is 53.5 Å². The molecule has 0 amide bonds. The summed E-state index contributed by atoms with van der Waals surface area (Å²) in [6, 6.07) is 0. The summed E-state index contributed by atoms with van der Waals surface area (Å²) < 4.78 is 70.7. The molecule has 27 heavy (non-hydrogen) atoms. The van der Waals surface area contributed by atoms with Crippen molar-refractivity contribution in [3.05, 3.63) is 0 Å². The van der Waals surface area contributed by atoms with Gasteiger partial charge in [0.2, 0.25) is 7.06 Å². The molecule has 0 N–H and O–H groups in total. The van der Waals surface area contributed by atoms with E-state index in [-0.39, 0.29) is 26.4 Å². The number of nitrogens with zero attached hydrogens (tertiary/aromatic N) is 2. The molecule has 0 aromatic rings. The van der Waals surface area contributed by atoms with E-state index < -0.39 is 34.1 Å². The Hall–Kier alpha value is 1.28. The third kappa shape index (κ3) is 6.14. The van der Waals surface area contributed by atoms with Crippen molar-refractivity contribution in [3.8, 4) is 0 Å². The second-order valence-corrected chi connectivity index (χ2v) is 29.5. The zero-order valence-corrected chi connectivity index (χ0v) is 22.4. The first-order chi connectivity index (χ1) is 12.3. The van der Waals surface area contributed by atoms with Crippen LogP contribution in [0.25, 0.3) is 0 Å². The second-order valence-electron chi connectivity index (χ2n) is 5.38. The highest BCUT2D eigenvalue weighted by atomic mass is 35.7. The van der Waals surface area contributed by atoms with E-state index in [1.54, 1.807) is 27.7 Å². The molecule has 0 radical (unpaired) electrons. The minimum atomic E-state index is -4.14. The fourth-order valence-electron chi connectivity index (χ4n) is 2.10. The lowest BCUT2D eigenvalue weighted by atomic mass is 10.9. The van der Waals surface area contributed by atoms with Crippen LogP contribution < -0.4 is 0 Å². The molecule has 0 saturated carbocycles. The van der Waals surface area contributed by atoms with Crippen LogP contribution in [0.1, 0.15) is 27.7 Å². The quantitative estimate of drug-likeness (QED) is 0.250. The van der Waals surface area contributed by atoms with Crippen molar-refractivity contribution in [2.45, 2.75) is 27.7 Å². The maximum Gasteiger partial charge on any atom is 0.396 e. The van der Waals surface area contributed by atoms with E-state index in [4.69, 9.17) is 29.3 Å². The van der Waals surface area contributed by atoms with Crippen LogP contribution >= 0.6 is 45.3 Å². The Labute approximate surface area is 167 Å². The van der Waals surface area contributed by atoms with Crippen molar-refractivity contribution in [1.29, 1.82) is 0 Å². The summed E-state index contributed by atoms with van der Waals surface area (Å²) in [5, 5.41) is 0. The van der Waals surface area contributed by atoms with Crippen molar-refractivity contribution >= 4 is 45.3 Å². The smallest absolute Gasteiger partial charge is 0.324 e. The lowest BCUT2D eigenvalue weighted by molar-refractivity contribution is 0.235. The maximum absolute atomic E-state index is 13.7. The van der Waals surface area contributed by atoms with Gasteiger partial charge in [-0.05, 0) is 34.4 Å². The number of rotatable bonds is 12. The summed E-state index contributed by atoms with van der Waals surface area (Å²) in [5.41, 5.74) is 0. The highest BCUT2D eigenvalue weighted by molar-refractivity contribution is 8.65. The van der Waals surface area contributed by atoms with Crippen LogP contribution in [-0.2, 0) is 31.8 Å². The fraction of sp³-hybridized carbons (Fsp3) is 1.00. The second kappa shape index (κ2) is 11.1. The fourth-order valence-corrected chi connectivity index (χ4v) is 30.9. The third-order valence-corrected chi connectivity index (χ3v) is 33.2. The maximum atomic E-state index is 13.7. The monoisotopic (exact) mass is 506 g/mol. The SMILES string of the molecule is CCOP(C)(=O)P(C)(Cl)=NP(=NC)(P(C)(=O)OCC)P(=O)(OCC)OCC. The molecule has 0 bridgehead atoms. The average molecular weight is 507 g/mol. The lowest BCUT2D eigenvalue weighted by Gasteiger charge is -2.34. The Morgan fingerprint density at radius 3 is 1.44 bits per heavy atom. The van der Waals surface area contributed by atoms with Crippen molar-refractivity contribution in [3.63, 3.8) is 0 Å². The average Bonchev–Trinajstić information content (AvgIpc) is 2.52. The normalized spacial score (nSPS) is 21.4. The van der Waals surface area contributed by atoms with E-state index in [0.29, 0.717) is 0 Å². The minimum Gasteiger partial charge on any atom is -0.324 e. The molecule has 0 saturated heterocycles. The van der Waals surface area contributed by atoms with Gasteiger partial charge in [-0.15, -0.1) is 0 Å². The Bertz CT molecular complexity index is 740. The zero-order chi connectivity index (χ0) is 21.6. The van der Waals surface area contributed by atoms with Gasteiger partial charge in [0, 0.05) is 20.4 Å². The molecule has 0 aromatic carbocycles. The van der Waals surface area contributed by atoms with Crippen LogP contribution in [0, 0.1) is 0 Å². The van der Waals surface area contributed by atoms with Gasteiger partial charge in [-0.1, -0.05) is 11.2 Å². The molecule has 0 aliphatic carbocycles. The first-order valence-electron chi connectivity index (χ1n) is 8.42. The molecule has 0 aliphatic heterocycles. The molecule has 0 heterocycles. The molecule has 4 atom stereocenters. The molecule has 164 valence electrons. The number of hydrogen-bond acceptors (Lipinski definition) is 8. The standard InChI is InChI=1S/C12H32ClN2O7P5/c1-9-19-24(7,16)23(6,13)15-26(14-5,25(8,17)20-10-2)27(18,21-11-3)22-12-4/h9-12H2,1-8H3. The summed E-state index contributed by atoms with van der Waals surface area (Å²) in [6.45, 7) is 7.11. The highest BCUT2D eigenvalue weighted by Crippen LogP contribution is 3.05. The summed E-state index contributed by atoms with van der Waals surface area (Å²) in [7, 11) is -10.0. The summed E-state index contributed by atoms with van der Waals surface area (Å²) >= 11 is 6.60. The molecule has 0 rings (SSSR count). The number of halogens is 1. The molecule has 9 nitrogen and oxygen atoms in total. The van der Waals surface area contributed by atoms with E-state index >= 15 is 0 Å². The molecular formula is C12H32ClN2O7P5. The molecule has 4 unspecified atom stereocenters. The number of hydrogen-bond donors (Lipinski definition) is 0. The molecule has 0 aromatic heterocycles. The minimum absolute atomic E-state index is 0.0167. The van der Waals surface area contributed by atoms with Crippen molar-refractivity contribution < 1.29 is 31.8 Å². The van der Waals surface area contributed by atoms with Gasteiger partial charge in [0.15, 0.2) is 0 Å². The van der Waals surface area contributed by atoms with Gasteiger partial charge in [-0.2, -0.15) is 0 Å². The first kappa shape index (κ1) is 28.3. The Kier molecular flexibility index (Phi) is 11.6. The molecular weight excluding hydrogens is 474 g/mol. The van der Waals surface area contributed by atoms with Gasteiger partial charge in [0.25, 0.3) is 13.6 Å². The summed E-state index contributed by atoms with van der Waals surface area (Å²) in [6.07, 6.45) is -3.26. The first-order valence-corrected chi connectivity index (χ1v) is 21.0. The largest absolute Gasteiger partial charge is 0.396 e. The Balaban J connectivity index is 7.20. The Morgan fingerprint density at radius 1 is 0.741 bits per heavy atom. The topological polar surface area (TPSA) is 113 Å². The van der Waals surface area contributed by atoms with E-state index in [2.05, 4.69) is 9.26 Å². The molecule has 0 aliphatic rings.